The van der Waals surface area contributed by atoms with Crippen molar-refractivity contribution in [1.82, 2.24) is 15.1 Å². The van der Waals surface area contributed by atoms with Gasteiger partial charge < -0.3 is 20.1 Å². The zero-order chi connectivity index (χ0) is 22.6. The minimum Gasteiger partial charge on any atom is -0.497 e. The van der Waals surface area contributed by atoms with Gasteiger partial charge in [0.05, 0.1) is 31.8 Å². The topological polar surface area (TPSA) is 77.4 Å². The lowest BCUT2D eigenvalue weighted by Crippen LogP contribution is -2.29. The number of halogens is 4. The molecule has 0 aliphatic carbocycles. The van der Waals surface area contributed by atoms with E-state index in [1.807, 2.05) is 0 Å². The van der Waals surface area contributed by atoms with Crippen molar-refractivity contribution in [3.05, 3.63) is 64.9 Å². The maximum atomic E-state index is 13.7. The van der Waals surface area contributed by atoms with E-state index in [4.69, 9.17) is 21.1 Å². The molecule has 3 rings (SSSR count). The first kappa shape index (κ1) is 22.3. The Hall–Kier alpha value is -3.40. The summed E-state index contributed by atoms with van der Waals surface area (Å²) < 4.78 is 52.1. The summed E-state index contributed by atoms with van der Waals surface area (Å²) in [4.78, 5) is 12.3. The van der Waals surface area contributed by atoms with Crippen molar-refractivity contribution >= 4 is 23.3 Å². The molecular formula is C20H18ClF3N4O3. The van der Waals surface area contributed by atoms with Crippen LogP contribution in [0.15, 0.2) is 48.7 Å². The van der Waals surface area contributed by atoms with Crippen LogP contribution in [-0.2, 0) is 12.7 Å². The third-order valence-corrected chi connectivity index (χ3v) is 4.54. The number of nitrogens with zero attached hydrogens (tertiary/aromatic N) is 2. The van der Waals surface area contributed by atoms with Gasteiger partial charge in [-0.25, -0.2) is 9.48 Å². The number of rotatable bonds is 6. The molecule has 11 heteroatoms. The summed E-state index contributed by atoms with van der Waals surface area (Å²) in [6.07, 6.45) is -3.83. The average molecular weight is 455 g/mol. The molecule has 2 amide bonds. The van der Waals surface area contributed by atoms with E-state index in [0.717, 1.165) is 6.20 Å². The number of urea groups is 1. The smallest absolute Gasteiger partial charge is 0.435 e. The number of hydrogen-bond donors (Lipinski definition) is 2. The lowest BCUT2D eigenvalue weighted by atomic mass is 10.2. The molecule has 3 aromatic rings. The van der Waals surface area contributed by atoms with Crippen molar-refractivity contribution in [2.24, 2.45) is 0 Å². The van der Waals surface area contributed by atoms with Gasteiger partial charge in [0, 0.05) is 23.2 Å². The van der Waals surface area contributed by atoms with Gasteiger partial charge in [0.25, 0.3) is 0 Å². The van der Waals surface area contributed by atoms with Crippen LogP contribution in [0.4, 0.5) is 23.7 Å². The van der Waals surface area contributed by atoms with E-state index in [9.17, 15) is 18.0 Å². The summed E-state index contributed by atoms with van der Waals surface area (Å²) in [6, 6.07) is 9.83. The van der Waals surface area contributed by atoms with E-state index in [0.29, 0.717) is 26.8 Å². The number of carbonyl (C=O) groups excluding carboxylic acids is 1. The van der Waals surface area contributed by atoms with Crippen molar-refractivity contribution < 1.29 is 27.4 Å². The number of nitrogens with one attached hydrogen (secondary N) is 2. The van der Waals surface area contributed by atoms with Crippen LogP contribution in [0.3, 0.4) is 0 Å². The Bertz CT molecular complexity index is 1070. The van der Waals surface area contributed by atoms with E-state index in [1.165, 1.54) is 38.5 Å². The number of hydrogen-bond acceptors (Lipinski definition) is 4. The fourth-order valence-corrected chi connectivity index (χ4v) is 2.96. The highest BCUT2D eigenvalue weighted by Gasteiger charge is 2.39. The van der Waals surface area contributed by atoms with Crippen molar-refractivity contribution in [3.8, 4) is 17.2 Å². The molecule has 2 N–H and O–H groups in total. The van der Waals surface area contributed by atoms with E-state index in [1.54, 1.807) is 18.2 Å². The van der Waals surface area contributed by atoms with Gasteiger partial charge in [-0.2, -0.15) is 18.3 Å². The van der Waals surface area contributed by atoms with Crippen LogP contribution < -0.4 is 20.1 Å². The number of methoxy groups -OCH3 is 2. The largest absolute Gasteiger partial charge is 0.497 e. The monoisotopic (exact) mass is 454 g/mol. The van der Waals surface area contributed by atoms with Crippen LogP contribution in [0.25, 0.3) is 5.69 Å². The first-order valence-corrected chi connectivity index (χ1v) is 9.27. The van der Waals surface area contributed by atoms with Gasteiger partial charge in [-0.1, -0.05) is 11.6 Å². The molecule has 0 saturated carbocycles. The van der Waals surface area contributed by atoms with Gasteiger partial charge in [-0.05, 0) is 36.4 Å². The number of benzene rings is 2. The van der Waals surface area contributed by atoms with Crippen LogP contribution >= 0.6 is 11.6 Å². The van der Waals surface area contributed by atoms with Gasteiger partial charge in [0.1, 0.15) is 11.5 Å². The maximum Gasteiger partial charge on any atom is 0.435 e. The normalized spacial score (nSPS) is 11.2. The lowest BCUT2D eigenvalue weighted by Gasteiger charge is -2.14. The van der Waals surface area contributed by atoms with Gasteiger partial charge in [0.2, 0.25) is 0 Å². The van der Waals surface area contributed by atoms with Gasteiger partial charge in [0.15, 0.2) is 5.69 Å². The van der Waals surface area contributed by atoms with Crippen LogP contribution in [-0.4, -0.2) is 30.0 Å². The minimum absolute atomic E-state index is 0.0195. The molecule has 0 saturated heterocycles. The zero-order valence-corrected chi connectivity index (χ0v) is 17.2. The molecule has 7 nitrogen and oxygen atoms in total. The van der Waals surface area contributed by atoms with E-state index in [2.05, 4.69) is 15.7 Å². The molecule has 0 bridgehead atoms. The van der Waals surface area contributed by atoms with Crippen molar-refractivity contribution in [3.63, 3.8) is 0 Å². The second-order valence-electron chi connectivity index (χ2n) is 6.28. The number of aromatic nitrogens is 2. The fraction of sp³-hybridized carbons (Fsp3) is 0.200. The summed E-state index contributed by atoms with van der Waals surface area (Å²) in [5, 5.41) is 8.86. The first-order valence-electron chi connectivity index (χ1n) is 8.90. The molecule has 0 radical (unpaired) electrons. The Kier molecular flexibility index (Phi) is 6.59. The molecule has 0 atom stereocenters. The van der Waals surface area contributed by atoms with Crippen molar-refractivity contribution in [2.45, 2.75) is 12.7 Å². The standard InChI is InChI=1S/C20H18ClF3N4O3/c1-30-15-8-3-12(17(9-15)31-2)10-25-19(29)27-16-11-26-28(18(16)20(22,23)24)14-6-4-13(21)5-7-14/h3-9,11H,10H2,1-2H3,(H2,25,27,29). The highest BCUT2D eigenvalue weighted by atomic mass is 35.5. The third-order valence-electron chi connectivity index (χ3n) is 4.29. The Morgan fingerprint density at radius 1 is 1.13 bits per heavy atom. The van der Waals surface area contributed by atoms with Crippen LogP contribution in [0.5, 0.6) is 11.5 Å². The van der Waals surface area contributed by atoms with E-state index < -0.39 is 23.6 Å². The number of carbonyl (C=O) groups is 1. The Morgan fingerprint density at radius 3 is 2.45 bits per heavy atom. The summed E-state index contributed by atoms with van der Waals surface area (Å²) in [6.45, 7) is 0.0195. The number of amides is 2. The van der Waals surface area contributed by atoms with Gasteiger partial charge in [-0.15, -0.1) is 0 Å². The summed E-state index contributed by atoms with van der Waals surface area (Å²) in [5.74, 6) is 1.03. The number of ether oxygens (including phenoxy) is 2. The Balaban J connectivity index is 1.78. The molecule has 1 heterocycles. The van der Waals surface area contributed by atoms with Gasteiger partial charge in [-0.3, -0.25) is 0 Å². The number of anilines is 1. The average Bonchev–Trinajstić information content (AvgIpc) is 3.16. The quantitative estimate of drug-likeness (QED) is 0.556. The van der Waals surface area contributed by atoms with Crippen LogP contribution in [0.2, 0.25) is 5.02 Å². The highest BCUT2D eigenvalue weighted by Crippen LogP contribution is 2.36. The minimum atomic E-state index is -4.77. The molecule has 0 aliphatic rings. The van der Waals surface area contributed by atoms with Crippen molar-refractivity contribution in [1.29, 1.82) is 0 Å². The fourth-order valence-electron chi connectivity index (χ4n) is 2.83. The van der Waals surface area contributed by atoms with Crippen LogP contribution in [0.1, 0.15) is 11.3 Å². The number of alkyl halides is 3. The third kappa shape index (κ3) is 5.21. The molecule has 0 unspecified atom stereocenters. The predicted molar refractivity (Wildman–Crippen MR) is 109 cm³/mol. The maximum absolute atomic E-state index is 13.7. The molecule has 1 aromatic heterocycles. The molecular weight excluding hydrogens is 437 g/mol. The first-order chi connectivity index (χ1) is 14.7. The van der Waals surface area contributed by atoms with Crippen LogP contribution in [0, 0.1) is 0 Å². The molecule has 0 fully saturated rings. The Morgan fingerprint density at radius 2 is 1.84 bits per heavy atom. The summed E-state index contributed by atoms with van der Waals surface area (Å²) in [5.41, 5.74) is -0.840. The zero-order valence-electron chi connectivity index (χ0n) is 16.5. The second-order valence-corrected chi connectivity index (χ2v) is 6.71. The van der Waals surface area contributed by atoms with Gasteiger partial charge >= 0.3 is 12.2 Å². The predicted octanol–water partition coefficient (Wildman–Crippen LogP) is 4.88. The molecule has 0 aliphatic heterocycles. The molecule has 2 aromatic carbocycles. The molecule has 0 spiro atoms. The second kappa shape index (κ2) is 9.17. The molecule has 31 heavy (non-hydrogen) atoms. The van der Waals surface area contributed by atoms with Crippen molar-refractivity contribution in [2.75, 3.05) is 19.5 Å². The lowest BCUT2D eigenvalue weighted by molar-refractivity contribution is -0.142. The molecule has 164 valence electrons. The summed E-state index contributed by atoms with van der Waals surface area (Å²) >= 11 is 5.79. The summed E-state index contributed by atoms with van der Waals surface area (Å²) in [7, 11) is 2.96. The SMILES string of the molecule is COc1ccc(CNC(=O)Nc2cnn(-c3ccc(Cl)cc3)c2C(F)(F)F)c(OC)c1. The Labute approximate surface area is 180 Å². The van der Waals surface area contributed by atoms with E-state index >= 15 is 0 Å². The van der Waals surface area contributed by atoms with E-state index in [-0.39, 0.29) is 12.2 Å². The highest BCUT2D eigenvalue weighted by molar-refractivity contribution is 6.30.